The van der Waals surface area contributed by atoms with Gasteiger partial charge in [0.2, 0.25) is 0 Å². The molecule has 1 aliphatic heterocycles. The molecule has 1 rings (SSSR count). The highest BCUT2D eigenvalue weighted by Crippen LogP contribution is 2.14. The summed E-state index contributed by atoms with van der Waals surface area (Å²) in [4.78, 5) is 12.8. The van der Waals surface area contributed by atoms with Gasteiger partial charge in [0.05, 0.1) is 19.1 Å². The third-order valence-corrected chi connectivity index (χ3v) is 3.03. The number of aliphatic carboxylic acids is 1. The van der Waals surface area contributed by atoms with E-state index in [0.29, 0.717) is 6.61 Å². The largest absolute Gasteiger partial charge is 0.481 e. The van der Waals surface area contributed by atoms with Crippen LogP contribution in [0.2, 0.25) is 0 Å². The maximum Gasteiger partial charge on any atom is 0.305 e. The molecule has 4 nitrogen and oxygen atoms in total. The molecule has 0 saturated carbocycles. The van der Waals surface area contributed by atoms with Crippen LogP contribution in [0.5, 0.6) is 0 Å². The van der Waals surface area contributed by atoms with E-state index in [-0.39, 0.29) is 12.5 Å². The van der Waals surface area contributed by atoms with Crippen molar-refractivity contribution in [2.45, 2.75) is 45.1 Å². The highest BCUT2D eigenvalue weighted by molar-refractivity contribution is 5.66. The summed E-state index contributed by atoms with van der Waals surface area (Å²) < 4.78 is 5.54. The Balaban J connectivity index is 2.05. The van der Waals surface area contributed by atoms with Crippen LogP contribution in [0, 0.1) is 0 Å². The second-order valence-electron chi connectivity index (χ2n) is 4.41. The second kappa shape index (κ2) is 7.63. The summed E-state index contributed by atoms with van der Waals surface area (Å²) >= 11 is 0. The van der Waals surface area contributed by atoms with Gasteiger partial charge >= 0.3 is 5.97 Å². The average molecular weight is 229 g/mol. The van der Waals surface area contributed by atoms with Crippen LogP contribution in [0.15, 0.2) is 0 Å². The molecule has 16 heavy (non-hydrogen) atoms. The molecule has 0 aliphatic carbocycles. The van der Waals surface area contributed by atoms with E-state index in [4.69, 9.17) is 9.84 Å². The molecule has 4 heteroatoms. The van der Waals surface area contributed by atoms with E-state index < -0.39 is 5.97 Å². The van der Waals surface area contributed by atoms with Crippen LogP contribution in [0.1, 0.15) is 39.0 Å². The van der Waals surface area contributed by atoms with Gasteiger partial charge in [-0.05, 0) is 25.8 Å². The van der Waals surface area contributed by atoms with Gasteiger partial charge in [-0.25, -0.2) is 0 Å². The number of hydrogen-bond acceptors (Lipinski definition) is 3. The first kappa shape index (κ1) is 13.5. The molecule has 0 aromatic carbocycles. The van der Waals surface area contributed by atoms with Crippen molar-refractivity contribution in [1.29, 1.82) is 0 Å². The van der Waals surface area contributed by atoms with Crippen LogP contribution in [0.4, 0.5) is 0 Å². The summed E-state index contributed by atoms with van der Waals surface area (Å²) in [6.45, 7) is 5.95. The minimum absolute atomic E-state index is 0.121. The monoisotopic (exact) mass is 229 g/mol. The van der Waals surface area contributed by atoms with Gasteiger partial charge in [0, 0.05) is 13.1 Å². The normalized spacial score (nSPS) is 18.8. The van der Waals surface area contributed by atoms with Crippen molar-refractivity contribution >= 4 is 5.97 Å². The Hall–Kier alpha value is -0.610. The molecule has 94 valence electrons. The fourth-order valence-corrected chi connectivity index (χ4v) is 1.99. The molecule has 0 radical (unpaired) electrons. The highest BCUT2D eigenvalue weighted by atomic mass is 16.5. The molecule has 0 bridgehead atoms. The molecule has 0 atom stereocenters. The van der Waals surface area contributed by atoms with Crippen molar-refractivity contribution in [3.8, 4) is 0 Å². The van der Waals surface area contributed by atoms with Crippen LogP contribution in [0.25, 0.3) is 0 Å². The highest BCUT2D eigenvalue weighted by Gasteiger charge is 2.19. The van der Waals surface area contributed by atoms with Crippen LogP contribution in [0.3, 0.4) is 0 Å². The topological polar surface area (TPSA) is 49.8 Å². The van der Waals surface area contributed by atoms with E-state index in [9.17, 15) is 4.79 Å². The smallest absolute Gasteiger partial charge is 0.305 e. The molecule has 0 unspecified atom stereocenters. The van der Waals surface area contributed by atoms with Crippen LogP contribution < -0.4 is 0 Å². The predicted octanol–water partition coefficient (Wildman–Crippen LogP) is 1.74. The average Bonchev–Trinajstić information content (AvgIpc) is 2.27. The Morgan fingerprint density at radius 3 is 2.69 bits per heavy atom. The summed E-state index contributed by atoms with van der Waals surface area (Å²) in [5.41, 5.74) is 0. The number of hydrogen-bond donors (Lipinski definition) is 1. The van der Waals surface area contributed by atoms with Gasteiger partial charge in [0.1, 0.15) is 0 Å². The van der Waals surface area contributed by atoms with E-state index in [2.05, 4.69) is 11.8 Å². The van der Waals surface area contributed by atoms with Crippen LogP contribution in [-0.4, -0.2) is 48.3 Å². The predicted molar refractivity (Wildman–Crippen MR) is 62.6 cm³/mol. The summed E-state index contributed by atoms with van der Waals surface area (Å²) in [5.74, 6) is -0.777. The molecule has 0 aromatic heterocycles. The first-order valence-corrected chi connectivity index (χ1v) is 6.28. The van der Waals surface area contributed by atoms with Gasteiger partial charge in [-0.15, -0.1) is 0 Å². The molecule has 1 aliphatic rings. The van der Waals surface area contributed by atoms with Gasteiger partial charge in [-0.3, -0.25) is 4.79 Å². The number of nitrogens with zero attached hydrogens (tertiary/aromatic N) is 1. The summed E-state index contributed by atoms with van der Waals surface area (Å²) in [6, 6.07) is 0. The van der Waals surface area contributed by atoms with Gasteiger partial charge in [-0.1, -0.05) is 13.3 Å². The Morgan fingerprint density at radius 2 is 2.12 bits per heavy atom. The third kappa shape index (κ3) is 5.47. The summed E-state index contributed by atoms with van der Waals surface area (Å²) in [5, 5.41) is 8.49. The molecule has 1 heterocycles. The molecule has 0 aromatic rings. The Labute approximate surface area is 97.6 Å². The van der Waals surface area contributed by atoms with Crippen LogP contribution >= 0.6 is 0 Å². The minimum atomic E-state index is -0.777. The third-order valence-electron chi connectivity index (χ3n) is 3.03. The Bertz CT molecular complexity index is 200. The molecular weight excluding hydrogens is 206 g/mol. The lowest BCUT2D eigenvalue weighted by Crippen LogP contribution is -2.37. The van der Waals surface area contributed by atoms with E-state index in [1.54, 1.807) is 0 Å². The van der Waals surface area contributed by atoms with Gasteiger partial charge in [0.15, 0.2) is 0 Å². The lowest BCUT2D eigenvalue weighted by Gasteiger charge is -2.31. The standard InChI is InChI=1S/C12H23NO3/c1-2-3-7-13-8-4-11(5-9-13)16-10-6-12(14)15/h11H,2-10H2,1H3,(H,14,15). The molecule has 1 saturated heterocycles. The van der Waals surface area contributed by atoms with E-state index in [0.717, 1.165) is 25.9 Å². The quantitative estimate of drug-likeness (QED) is 0.722. The number of carbonyl (C=O) groups is 1. The van der Waals surface area contributed by atoms with E-state index >= 15 is 0 Å². The van der Waals surface area contributed by atoms with Crippen molar-refractivity contribution < 1.29 is 14.6 Å². The zero-order valence-electron chi connectivity index (χ0n) is 10.2. The number of unbranched alkanes of at least 4 members (excludes halogenated alkanes) is 1. The number of ether oxygens (including phenoxy) is 1. The Kier molecular flexibility index (Phi) is 6.42. The molecule has 0 amide bonds. The van der Waals surface area contributed by atoms with E-state index in [1.165, 1.54) is 19.4 Å². The van der Waals surface area contributed by atoms with Crippen molar-refractivity contribution in [2.75, 3.05) is 26.2 Å². The lowest BCUT2D eigenvalue weighted by atomic mass is 10.1. The first-order valence-electron chi connectivity index (χ1n) is 6.28. The van der Waals surface area contributed by atoms with Crippen molar-refractivity contribution in [3.05, 3.63) is 0 Å². The SMILES string of the molecule is CCCCN1CCC(OCCC(=O)O)CC1. The minimum Gasteiger partial charge on any atom is -0.481 e. The molecule has 1 N–H and O–H groups in total. The second-order valence-corrected chi connectivity index (χ2v) is 4.41. The number of piperidine rings is 1. The Morgan fingerprint density at radius 1 is 1.44 bits per heavy atom. The number of rotatable bonds is 7. The first-order chi connectivity index (χ1) is 7.72. The number of carboxylic acids is 1. The van der Waals surface area contributed by atoms with Gasteiger partial charge < -0.3 is 14.7 Å². The van der Waals surface area contributed by atoms with E-state index in [1.807, 2.05) is 0 Å². The van der Waals surface area contributed by atoms with Gasteiger partial charge in [0.25, 0.3) is 0 Å². The molecular formula is C12H23NO3. The fourth-order valence-electron chi connectivity index (χ4n) is 1.99. The lowest BCUT2D eigenvalue weighted by molar-refractivity contribution is -0.138. The van der Waals surface area contributed by atoms with Crippen molar-refractivity contribution in [1.82, 2.24) is 4.90 Å². The summed E-state index contributed by atoms with van der Waals surface area (Å²) in [7, 11) is 0. The van der Waals surface area contributed by atoms with Crippen molar-refractivity contribution in [3.63, 3.8) is 0 Å². The molecule has 1 fully saturated rings. The number of carboxylic acid groups (broad SMARTS) is 1. The zero-order chi connectivity index (χ0) is 11.8. The molecule has 0 spiro atoms. The van der Waals surface area contributed by atoms with Gasteiger partial charge in [-0.2, -0.15) is 0 Å². The van der Waals surface area contributed by atoms with Crippen LogP contribution in [-0.2, 0) is 9.53 Å². The number of likely N-dealkylation sites (tertiary alicyclic amines) is 1. The summed E-state index contributed by atoms with van der Waals surface area (Å²) in [6.07, 6.45) is 5.00. The van der Waals surface area contributed by atoms with Crippen molar-refractivity contribution in [2.24, 2.45) is 0 Å². The maximum atomic E-state index is 10.3. The zero-order valence-corrected chi connectivity index (χ0v) is 10.2. The maximum absolute atomic E-state index is 10.3. The fraction of sp³-hybridized carbons (Fsp3) is 0.917.